The van der Waals surface area contributed by atoms with Gasteiger partial charge in [-0.25, -0.2) is 4.98 Å². The smallest absolute Gasteiger partial charge is 0.140 e. The van der Waals surface area contributed by atoms with Crippen LogP contribution in [0.3, 0.4) is 0 Å². The van der Waals surface area contributed by atoms with Gasteiger partial charge in [-0.05, 0) is 40.7 Å². The van der Waals surface area contributed by atoms with Crippen LogP contribution in [-0.2, 0) is 18.9 Å². The van der Waals surface area contributed by atoms with E-state index in [1.54, 1.807) is 0 Å². The Balaban J connectivity index is 2.00. The third kappa shape index (κ3) is 2.22. The molecule has 3 nitrogen and oxygen atoms in total. The highest BCUT2D eigenvalue weighted by Gasteiger charge is 2.23. The Morgan fingerprint density at radius 1 is 1.08 bits per heavy atom. The molecule has 0 unspecified atom stereocenters. The molecule has 3 heterocycles. The zero-order valence-electron chi connectivity index (χ0n) is 15.2. The molecule has 124 valence electrons. The van der Waals surface area contributed by atoms with Crippen molar-refractivity contribution in [1.82, 2.24) is 9.55 Å². The van der Waals surface area contributed by atoms with Crippen molar-refractivity contribution in [3.05, 3.63) is 47.8 Å². The van der Waals surface area contributed by atoms with Gasteiger partial charge in [-0.3, -0.25) is 0 Å². The molecule has 3 heteroatoms. The molecule has 0 saturated heterocycles. The minimum absolute atomic E-state index is 0.0881. The quantitative estimate of drug-likeness (QED) is 0.657. The SMILES string of the molecule is CN1CCc2ccc(-c3cn(C)c4nccc(C(C)(C)C)c34)cc21. The summed E-state index contributed by atoms with van der Waals surface area (Å²) in [5, 5.41) is 1.29. The van der Waals surface area contributed by atoms with Gasteiger partial charge in [0.2, 0.25) is 0 Å². The van der Waals surface area contributed by atoms with Gasteiger partial charge >= 0.3 is 0 Å². The summed E-state index contributed by atoms with van der Waals surface area (Å²) in [6, 6.07) is 9.08. The van der Waals surface area contributed by atoms with Crippen LogP contribution in [0.5, 0.6) is 0 Å². The van der Waals surface area contributed by atoms with Gasteiger partial charge < -0.3 is 9.47 Å². The van der Waals surface area contributed by atoms with Crippen LogP contribution in [0.1, 0.15) is 31.9 Å². The molecule has 1 aromatic carbocycles. The van der Waals surface area contributed by atoms with E-state index in [9.17, 15) is 0 Å². The van der Waals surface area contributed by atoms with Crippen molar-refractivity contribution in [2.24, 2.45) is 7.05 Å². The number of pyridine rings is 1. The predicted molar refractivity (Wildman–Crippen MR) is 102 cm³/mol. The van der Waals surface area contributed by atoms with Gasteiger partial charge in [0.1, 0.15) is 5.65 Å². The number of nitrogens with zero attached hydrogens (tertiary/aromatic N) is 3. The number of rotatable bonds is 1. The number of aromatic nitrogens is 2. The summed E-state index contributed by atoms with van der Waals surface area (Å²) in [6.07, 6.45) is 5.31. The van der Waals surface area contributed by atoms with Crippen LogP contribution in [0.15, 0.2) is 36.7 Å². The molecule has 0 saturated carbocycles. The van der Waals surface area contributed by atoms with Crippen molar-refractivity contribution >= 4 is 16.7 Å². The van der Waals surface area contributed by atoms with Crippen molar-refractivity contribution in [1.29, 1.82) is 0 Å². The minimum Gasteiger partial charge on any atom is -0.374 e. The van der Waals surface area contributed by atoms with Gasteiger partial charge in [0, 0.05) is 49.7 Å². The van der Waals surface area contributed by atoms with Crippen LogP contribution in [-0.4, -0.2) is 23.1 Å². The fourth-order valence-electron chi connectivity index (χ4n) is 3.85. The van der Waals surface area contributed by atoms with E-state index in [0.29, 0.717) is 0 Å². The van der Waals surface area contributed by atoms with E-state index in [0.717, 1.165) is 18.6 Å². The normalized spacial score (nSPS) is 14.5. The molecule has 1 aliphatic rings. The van der Waals surface area contributed by atoms with E-state index in [2.05, 4.69) is 79.8 Å². The van der Waals surface area contributed by atoms with Crippen molar-refractivity contribution in [3.63, 3.8) is 0 Å². The van der Waals surface area contributed by atoms with Gasteiger partial charge in [0.15, 0.2) is 0 Å². The predicted octanol–water partition coefficient (Wildman–Crippen LogP) is 4.53. The highest BCUT2D eigenvalue weighted by molar-refractivity contribution is 5.97. The lowest BCUT2D eigenvalue weighted by Gasteiger charge is -2.21. The lowest BCUT2D eigenvalue weighted by Crippen LogP contribution is -2.12. The lowest BCUT2D eigenvalue weighted by atomic mass is 9.84. The summed E-state index contributed by atoms with van der Waals surface area (Å²) in [5.74, 6) is 0. The van der Waals surface area contributed by atoms with Crippen LogP contribution in [0.2, 0.25) is 0 Å². The second-order valence-electron chi connectivity index (χ2n) is 7.98. The third-order valence-corrected chi connectivity index (χ3v) is 5.19. The standard InChI is InChI=1S/C21H25N3/c1-21(2,3)17-8-10-22-20-19(17)16(13-24(20)5)15-7-6-14-9-11-23(4)18(14)12-15/h6-8,10,12-13H,9,11H2,1-5H3. The molecule has 3 aromatic rings. The lowest BCUT2D eigenvalue weighted by molar-refractivity contribution is 0.595. The summed E-state index contributed by atoms with van der Waals surface area (Å²) in [4.78, 5) is 7.00. The molecule has 0 bridgehead atoms. The van der Waals surface area contributed by atoms with E-state index in [1.165, 1.54) is 33.3 Å². The van der Waals surface area contributed by atoms with Crippen molar-refractivity contribution in [3.8, 4) is 11.1 Å². The zero-order valence-corrected chi connectivity index (χ0v) is 15.2. The molecule has 0 aliphatic carbocycles. The molecule has 1 aliphatic heterocycles. The zero-order chi connectivity index (χ0) is 17.1. The second kappa shape index (κ2) is 5.10. The van der Waals surface area contributed by atoms with Crippen molar-refractivity contribution < 1.29 is 0 Å². The molecule has 0 spiro atoms. The first-order valence-corrected chi connectivity index (χ1v) is 8.65. The van der Waals surface area contributed by atoms with E-state index >= 15 is 0 Å². The largest absolute Gasteiger partial charge is 0.374 e. The summed E-state index contributed by atoms with van der Waals surface area (Å²) in [5.41, 5.74) is 7.90. The van der Waals surface area contributed by atoms with Crippen LogP contribution in [0.25, 0.3) is 22.2 Å². The van der Waals surface area contributed by atoms with Gasteiger partial charge in [0.25, 0.3) is 0 Å². The first-order valence-electron chi connectivity index (χ1n) is 8.65. The molecular formula is C21H25N3. The fourth-order valence-corrected chi connectivity index (χ4v) is 3.85. The van der Waals surface area contributed by atoms with Crippen LogP contribution in [0, 0.1) is 0 Å². The molecule has 0 atom stereocenters. The topological polar surface area (TPSA) is 21.1 Å². The van der Waals surface area contributed by atoms with Gasteiger partial charge in [-0.1, -0.05) is 32.9 Å². The number of aryl methyl sites for hydroxylation is 1. The molecule has 0 amide bonds. The van der Waals surface area contributed by atoms with Gasteiger partial charge in [0.05, 0.1) is 0 Å². The summed E-state index contributed by atoms with van der Waals surface area (Å²) < 4.78 is 2.15. The van der Waals surface area contributed by atoms with E-state index < -0.39 is 0 Å². The monoisotopic (exact) mass is 319 g/mol. The highest BCUT2D eigenvalue weighted by atomic mass is 15.1. The summed E-state index contributed by atoms with van der Waals surface area (Å²) >= 11 is 0. The number of anilines is 1. The number of hydrogen-bond acceptors (Lipinski definition) is 2. The van der Waals surface area contributed by atoms with E-state index in [-0.39, 0.29) is 5.41 Å². The summed E-state index contributed by atoms with van der Waals surface area (Å²) in [6.45, 7) is 7.93. The Labute approximate surface area is 143 Å². The number of likely N-dealkylation sites (N-methyl/N-ethyl adjacent to an activating group) is 1. The van der Waals surface area contributed by atoms with Crippen LogP contribution < -0.4 is 4.90 Å². The minimum atomic E-state index is 0.0881. The number of hydrogen-bond donors (Lipinski definition) is 0. The first-order chi connectivity index (χ1) is 11.4. The van der Waals surface area contributed by atoms with Gasteiger partial charge in [-0.15, -0.1) is 0 Å². The Morgan fingerprint density at radius 2 is 1.88 bits per heavy atom. The molecule has 24 heavy (non-hydrogen) atoms. The Bertz CT molecular complexity index is 928. The highest BCUT2D eigenvalue weighted by Crippen LogP contribution is 2.39. The van der Waals surface area contributed by atoms with E-state index in [4.69, 9.17) is 0 Å². The van der Waals surface area contributed by atoms with Crippen molar-refractivity contribution in [2.75, 3.05) is 18.5 Å². The second-order valence-corrected chi connectivity index (χ2v) is 7.98. The Hall–Kier alpha value is -2.29. The first kappa shape index (κ1) is 15.3. The average molecular weight is 319 g/mol. The maximum atomic E-state index is 4.64. The summed E-state index contributed by atoms with van der Waals surface area (Å²) in [7, 11) is 4.27. The molecular weight excluding hydrogens is 294 g/mol. The molecule has 0 N–H and O–H groups in total. The average Bonchev–Trinajstić information content (AvgIpc) is 3.07. The molecule has 2 aromatic heterocycles. The number of fused-ring (bicyclic) bond motifs is 2. The Morgan fingerprint density at radius 3 is 2.62 bits per heavy atom. The van der Waals surface area contributed by atoms with Crippen LogP contribution >= 0.6 is 0 Å². The molecule has 0 radical (unpaired) electrons. The number of benzene rings is 1. The van der Waals surface area contributed by atoms with Crippen LogP contribution in [0.4, 0.5) is 5.69 Å². The van der Waals surface area contributed by atoms with Gasteiger partial charge in [-0.2, -0.15) is 0 Å². The van der Waals surface area contributed by atoms with E-state index in [1.807, 2.05) is 6.20 Å². The molecule has 0 fully saturated rings. The fraction of sp³-hybridized carbons (Fsp3) is 0.381. The third-order valence-electron chi connectivity index (χ3n) is 5.19. The maximum absolute atomic E-state index is 4.64. The van der Waals surface area contributed by atoms with Crippen molar-refractivity contribution in [2.45, 2.75) is 32.6 Å². The maximum Gasteiger partial charge on any atom is 0.140 e. The molecule has 4 rings (SSSR count). The Kier molecular flexibility index (Phi) is 3.24.